The molecule has 0 unspecified atom stereocenters. The quantitative estimate of drug-likeness (QED) is 0.346. The van der Waals surface area contributed by atoms with Gasteiger partial charge in [0.05, 0.1) is 0 Å². The fourth-order valence-corrected chi connectivity index (χ4v) is 2.36. The molecule has 0 fully saturated rings. The highest BCUT2D eigenvalue weighted by atomic mass is 32.1. The minimum Gasteiger partial charge on any atom is -0.0897 e. The molecular formula is C14H26S2. The normalized spacial score (nSPS) is 10.4. The van der Waals surface area contributed by atoms with Crippen molar-refractivity contribution < 1.29 is 0 Å². The van der Waals surface area contributed by atoms with E-state index in [0.29, 0.717) is 0 Å². The predicted molar refractivity (Wildman–Crippen MR) is 82.7 cm³/mol. The summed E-state index contributed by atoms with van der Waals surface area (Å²) in [5, 5.41) is 0. The molecule has 0 atom stereocenters. The molecule has 0 rings (SSSR count). The molecule has 0 aliphatic rings. The van der Waals surface area contributed by atoms with Gasteiger partial charge < -0.3 is 0 Å². The second kappa shape index (κ2) is 11.7. The van der Waals surface area contributed by atoms with Gasteiger partial charge in [-0.25, -0.2) is 0 Å². The topological polar surface area (TPSA) is 0 Å². The van der Waals surface area contributed by atoms with Crippen LogP contribution >= 0.6 is 24.4 Å². The van der Waals surface area contributed by atoms with Gasteiger partial charge in [-0.1, -0.05) is 57.5 Å². The van der Waals surface area contributed by atoms with Crippen molar-refractivity contribution in [1.82, 2.24) is 0 Å². The van der Waals surface area contributed by atoms with Crippen LogP contribution in [0.25, 0.3) is 0 Å². The Bertz CT molecular complexity index is 197. The van der Waals surface area contributed by atoms with Crippen molar-refractivity contribution in [1.29, 1.82) is 0 Å². The van der Waals surface area contributed by atoms with Crippen LogP contribution in [0.1, 0.15) is 78.1 Å². The zero-order chi connectivity index (χ0) is 12.2. The summed E-state index contributed by atoms with van der Waals surface area (Å²) in [6, 6.07) is 0. The predicted octanol–water partition coefficient (Wildman–Crippen LogP) is 5.67. The number of thiocarbonyl (C=S) groups is 2. The maximum Gasteiger partial charge on any atom is -0.00715 e. The zero-order valence-electron chi connectivity index (χ0n) is 10.9. The number of hydrogen-bond acceptors (Lipinski definition) is 2. The van der Waals surface area contributed by atoms with E-state index in [1.807, 2.05) is 0 Å². The van der Waals surface area contributed by atoms with Crippen molar-refractivity contribution in [2.45, 2.75) is 78.1 Å². The fourth-order valence-electron chi connectivity index (χ4n) is 1.72. The summed E-state index contributed by atoms with van der Waals surface area (Å²) < 4.78 is 0. The molecule has 0 bridgehead atoms. The van der Waals surface area contributed by atoms with Crippen LogP contribution in [-0.4, -0.2) is 9.73 Å². The molecule has 0 saturated carbocycles. The Kier molecular flexibility index (Phi) is 11.8. The summed E-state index contributed by atoms with van der Waals surface area (Å²) in [7, 11) is 0. The SMILES string of the molecule is CCCCC(=S)CCCCCC(=S)CCC. The lowest BCUT2D eigenvalue weighted by atomic mass is 10.1. The van der Waals surface area contributed by atoms with E-state index in [0.717, 1.165) is 25.7 Å². The Morgan fingerprint density at radius 2 is 1.12 bits per heavy atom. The van der Waals surface area contributed by atoms with Crippen LogP contribution in [0.2, 0.25) is 0 Å². The second-order valence-electron chi connectivity index (χ2n) is 4.49. The Hall–Kier alpha value is 0.180. The first-order chi connectivity index (χ1) is 7.70. The van der Waals surface area contributed by atoms with Gasteiger partial charge in [0.15, 0.2) is 0 Å². The highest BCUT2D eigenvalue weighted by Gasteiger charge is 1.98. The highest BCUT2D eigenvalue weighted by Crippen LogP contribution is 2.10. The van der Waals surface area contributed by atoms with Crippen molar-refractivity contribution in [2.75, 3.05) is 0 Å². The largest absolute Gasteiger partial charge is 0.0897 e. The fraction of sp³-hybridized carbons (Fsp3) is 0.857. The first kappa shape index (κ1) is 16.2. The van der Waals surface area contributed by atoms with Crippen molar-refractivity contribution in [2.24, 2.45) is 0 Å². The van der Waals surface area contributed by atoms with Gasteiger partial charge in [0.25, 0.3) is 0 Å². The van der Waals surface area contributed by atoms with E-state index >= 15 is 0 Å². The van der Waals surface area contributed by atoms with E-state index in [2.05, 4.69) is 13.8 Å². The monoisotopic (exact) mass is 258 g/mol. The molecule has 0 nitrogen and oxygen atoms in total. The van der Waals surface area contributed by atoms with Gasteiger partial charge in [0, 0.05) is 0 Å². The molecule has 0 amide bonds. The molecule has 0 heterocycles. The van der Waals surface area contributed by atoms with Crippen molar-refractivity contribution >= 4 is 34.2 Å². The standard InChI is InChI=1S/C14H26S2/c1-3-5-10-14(16)12-8-6-7-11-13(15)9-4-2/h3-12H2,1-2H3. The summed E-state index contributed by atoms with van der Waals surface area (Å²) in [5.41, 5.74) is 0. The number of rotatable bonds is 11. The van der Waals surface area contributed by atoms with Crippen LogP contribution in [0, 0.1) is 0 Å². The summed E-state index contributed by atoms with van der Waals surface area (Å²) in [6.07, 6.45) is 12.1. The van der Waals surface area contributed by atoms with Crippen LogP contribution in [-0.2, 0) is 0 Å². The number of hydrogen-bond donors (Lipinski definition) is 0. The average Bonchev–Trinajstić information content (AvgIpc) is 2.26. The molecule has 0 aromatic carbocycles. The molecule has 2 heteroatoms. The Morgan fingerprint density at radius 1 is 0.625 bits per heavy atom. The van der Waals surface area contributed by atoms with Crippen LogP contribution in [0.15, 0.2) is 0 Å². The van der Waals surface area contributed by atoms with Crippen molar-refractivity contribution in [3.8, 4) is 0 Å². The summed E-state index contributed by atoms with van der Waals surface area (Å²) >= 11 is 10.6. The molecule has 0 saturated heterocycles. The van der Waals surface area contributed by atoms with Gasteiger partial charge >= 0.3 is 0 Å². The van der Waals surface area contributed by atoms with E-state index in [-0.39, 0.29) is 0 Å². The molecule has 0 aromatic rings. The van der Waals surface area contributed by atoms with Crippen LogP contribution in [0.3, 0.4) is 0 Å². The first-order valence-corrected chi connectivity index (χ1v) is 7.55. The molecule has 0 N–H and O–H groups in total. The van der Waals surface area contributed by atoms with E-state index < -0.39 is 0 Å². The van der Waals surface area contributed by atoms with Crippen LogP contribution in [0.5, 0.6) is 0 Å². The van der Waals surface area contributed by atoms with E-state index in [9.17, 15) is 0 Å². The molecule has 0 spiro atoms. The Balaban J connectivity index is 3.26. The molecule has 0 aromatic heterocycles. The first-order valence-electron chi connectivity index (χ1n) is 6.74. The van der Waals surface area contributed by atoms with Crippen molar-refractivity contribution in [3.63, 3.8) is 0 Å². The molecular weight excluding hydrogens is 232 g/mol. The smallest absolute Gasteiger partial charge is 0.00715 e. The second-order valence-corrected chi connectivity index (χ2v) is 5.65. The summed E-state index contributed by atoms with van der Waals surface area (Å²) in [6.45, 7) is 4.41. The van der Waals surface area contributed by atoms with Gasteiger partial charge in [-0.2, -0.15) is 0 Å². The van der Waals surface area contributed by atoms with Gasteiger partial charge in [0.1, 0.15) is 0 Å². The van der Waals surface area contributed by atoms with Gasteiger partial charge in [0.2, 0.25) is 0 Å². The number of unbranched alkanes of at least 4 members (excludes halogenated alkanes) is 3. The lowest BCUT2D eigenvalue weighted by molar-refractivity contribution is 0.709. The van der Waals surface area contributed by atoms with E-state index in [4.69, 9.17) is 24.4 Å². The Labute approximate surface area is 112 Å². The average molecular weight is 258 g/mol. The maximum atomic E-state index is 5.34. The lowest BCUT2D eigenvalue weighted by Crippen LogP contribution is -1.96. The van der Waals surface area contributed by atoms with Gasteiger partial charge in [-0.3, -0.25) is 0 Å². The Morgan fingerprint density at radius 3 is 1.62 bits per heavy atom. The molecule has 0 aliphatic carbocycles. The zero-order valence-corrected chi connectivity index (χ0v) is 12.5. The van der Waals surface area contributed by atoms with Crippen molar-refractivity contribution in [3.05, 3.63) is 0 Å². The lowest BCUT2D eigenvalue weighted by Gasteiger charge is -2.04. The van der Waals surface area contributed by atoms with Gasteiger partial charge in [-0.15, -0.1) is 0 Å². The van der Waals surface area contributed by atoms with E-state index in [1.165, 1.54) is 48.3 Å². The minimum absolute atomic E-state index is 1.13. The van der Waals surface area contributed by atoms with Crippen LogP contribution < -0.4 is 0 Å². The third kappa shape index (κ3) is 10.7. The summed E-state index contributed by atoms with van der Waals surface area (Å²) in [4.78, 5) is 2.54. The minimum atomic E-state index is 1.13. The van der Waals surface area contributed by atoms with Gasteiger partial charge in [-0.05, 0) is 54.7 Å². The third-order valence-electron chi connectivity index (χ3n) is 2.75. The van der Waals surface area contributed by atoms with E-state index in [1.54, 1.807) is 0 Å². The molecule has 0 aliphatic heterocycles. The van der Waals surface area contributed by atoms with Crippen LogP contribution in [0.4, 0.5) is 0 Å². The highest BCUT2D eigenvalue weighted by molar-refractivity contribution is 7.80. The molecule has 16 heavy (non-hydrogen) atoms. The third-order valence-corrected chi connectivity index (χ3v) is 3.57. The maximum absolute atomic E-state index is 5.34. The summed E-state index contributed by atoms with van der Waals surface area (Å²) in [5.74, 6) is 0. The molecule has 0 radical (unpaired) electrons. The molecule has 94 valence electrons.